The predicted molar refractivity (Wildman–Crippen MR) is 118 cm³/mol. The molecule has 0 radical (unpaired) electrons. The average molecular weight is 424 g/mol. The number of benzene rings is 2. The van der Waals surface area contributed by atoms with Crippen LogP contribution in [0.15, 0.2) is 48.1 Å². The van der Waals surface area contributed by atoms with Crippen molar-refractivity contribution >= 4 is 5.78 Å². The summed E-state index contributed by atoms with van der Waals surface area (Å²) < 4.78 is 6.13. The molecule has 0 saturated heterocycles. The molecule has 1 aliphatic rings. The highest BCUT2D eigenvalue weighted by Gasteiger charge is 2.36. The molecule has 0 bridgehead atoms. The third kappa shape index (κ3) is 4.59. The number of Topliss-reactive ketones (excluding diaryl/α,β-unsaturated/α-hetero) is 1. The molecule has 0 saturated carbocycles. The fourth-order valence-electron chi connectivity index (χ4n) is 3.59. The molecule has 1 heterocycles. The number of ether oxygens (including phenoxy) is 1. The van der Waals surface area contributed by atoms with E-state index in [0.29, 0.717) is 23.1 Å². The SMILES string of the molecule is C=C(C)[C@H](O)Cc1c(O)c(CC=C(C)C)c2c(c1O)C(=O)C[C@@H](c1ccc(O)cc1)O2. The fourth-order valence-corrected chi connectivity index (χ4v) is 3.59. The maximum atomic E-state index is 13.1. The van der Waals surface area contributed by atoms with Crippen LogP contribution in [0.3, 0.4) is 0 Å². The molecule has 2 aromatic carbocycles. The lowest BCUT2D eigenvalue weighted by molar-refractivity contribution is 0.0841. The average Bonchev–Trinajstić information content (AvgIpc) is 2.70. The van der Waals surface area contributed by atoms with E-state index in [2.05, 4.69) is 6.58 Å². The molecule has 6 heteroatoms. The number of aliphatic hydroxyl groups is 1. The molecule has 3 rings (SSSR count). The normalized spacial score (nSPS) is 16.3. The van der Waals surface area contributed by atoms with Crippen LogP contribution in [0.4, 0.5) is 0 Å². The number of rotatable bonds is 6. The van der Waals surface area contributed by atoms with Crippen molar-refractivity contribution in [2.75, 3.05) is 0 Å². The van der Waals surface area contributed by atoms with Gasteiger partial charge in [-0.1, -0.05) is 35.9 Å². The number of phenolic OH excluding ortho intramolecular Hbond substituents is 3. The third-order valence-electron chi connectivity index (χ3n) is 5.45. The first-order chi connectivity index (χ1) is 14.6. The summed E-state index contributed by atoms with van der Waals surface area (Å²) in [4.78, 5) is 13.1. The summed E-state index contributed by atoms with van der Waals surface area (Å²) in [5.41, 5.74) is 2.71. The number of hydrogen-bond acceptors (Lipinski definition) is 6. The molecule has 0 unspecified atom stereocenters. The van der Waals surface area contributed by atoms with Crippen molar-refractivity contribution in [2.45, 2.75) is 52.2 Å². The molecule has 0 aliphatic carbocycles. The summed E-state index contributed by atoms with van der Waals surface area (Å²) in [7, 11) is 0. The minimum absolute atomic E-state index is 0.000670. The van der Waals surface area contributed by atoms with E-state index in [-0.39, 0.29) is 52.7 Å². The van der Waals surface area contributed by atoms with E-state index in [0.717, 1.165) is 5.57 Å². The molecule has 0 spiro atoms. The van der Waals surface area contributed by atoms with Gasteiger partial charge in [0.05, 0.1) is 12.5 Å². The van der Waals surface area contributed by atoms with Crippen LogP contribution in [0.5, 0.6) is 23.0 Å². The van der Waals surface area contributed by atoms with Crippen LogP contribution in [0.1, 0.15) is 60.3 Å². The van der Waals surface area contributed by atoms with Crippen LogP contribution in [-0.4, -0.2) is 32.3 Å². The Morgan fingerprint density at radius 1 is 1.13 bits per heavy atom. The maximum absolute atomic E-state index is 13.1. The number of phenols is 3. The molecular weight excluding hydrogens is 396 g/mol. The van der Waals surface area contributed by atoms with E-state index in [1.165, 1.54) is 12.1 Å². The lowest BCUT2D eigenvalue weighted by Crippen LogP contribution is -2.23. The minimum atomic E-state index is -0.976. The van der Waals surface area contributed by atoms with Crippen LogP contribution < -0.4 is 4.74 Å². The molecule has 0 amide bonds. The molecule has 31 heavy (non-hydrogen) atoms. The van der Waals surface area contributed by atoms with Gasteiger partial charge < -0.3 is 25.2 Å². The van der Waals surface area contributed by atoms with Crippen LogP contribution in [0.25, 0.3) is 0 Å². The Kier molecular flexibility index (Phi) is 6.41. The molecule has 6 nitrogen and oxygen atoms in total. The van der Waals surface area contributed by atoms with Crippen molar-refractivity contribution in [1.29, 1.82) is 0 Å². The van der Waals surface area contributed by atoms with E-state index in [1.54, 1.807) is 19.1 Å². The Hall–Kier alpha value is -3.25. The second-order valence-electron chi connectivity index (χ2n) is 8.24. The summed E-state index contributed by atoms with van der Waals surface area (Å²) in [5, 5.41) is 41.6. The summed E-state index contributed by atoms with van der Waals surface area (Å²) in [6.45, 7) is 9.20. The van der Waals surface area contributed by atoms with E-state index in [1.807, 2.05) is 19.9 Å². The molecule has 2 aromatic rings. The maximum Gasteiger partial charge on any atom is 0.174 e. The number of hydrogen-bond donors (Lipinski definition) is 4. The van der Waals surface area contributed by atoms with Crippen LogP contribution in [-0.2, 0) is 12.8 Å². The van der Waals surface area contributed by atoms with Crippen molar-refractivity contribution in [1.82, 2.24) is 0 Å². The quantitative estimate of drug-likeness (QED) is 0.509. The Morgan fingerprint density at radius 3 is 2.35 bits per heavy atom. The Labute approximate surface area is 181 Å². The zero-order valence-corrected chi connectivity index (χ0v) is 18.0. The molecule has 164 valence electrons. The van der Waals surface area contributed by atoms with E-state index >= 15 is 0 Å². The van der Waals surface area contributed by atoms with E-state index in [9.17, 15) is 25.2 Å². The standard InChI is InChI=1S/C25H28O6/c1-13(2)5-10-17-23(29)18(11-19(27)14(3)4)24(30)22-20(28)12-21(31-25(17)22)15-6-8-16(26)9-7-15/h5-9,19,21,26-27,29-30H,3,10-12H2,1-2,4H3/t19-,21+/m1/s1. The van der Waals surface area contributed by atoms with Crippen molar-refractivity contribution in [3.8, 4) is 23.0 Å². The Bertz CT molecular complexity index is 1040. The number of aromatic hydroxyl groups is 3. The Morgan fingerprint density at radius 2 is 1.77 bits per heavy atom. The largest absolute Gasteiger partial charge is 0.508 e. The molecule has 0 fully saturated rings. The zero-order valence-electron chi connectivity index (χ0n) is 18.0. The highest BCUT2D eigenvalue weighted by Crippen LogP contribution is 2.48. The first-order valence-electron chi connectivity index (χ1n) is 10.1. The number of ketones is 1. The van der Waals surface area contributed by atoms with Gasteiger partial charge in [0.15, 0.2) is 5.78 Å². The fraction of sp³-hybridized carbons (Fsp3) is 0.320. The lowest BCUT2D eigenvalue weighted by Gasteiger charge is -2.30. The van der Waals surface area contributed by atoms with Crippen molar-refractivity contribution in [3.05, 3.63) is 70.3 Å². The van der Waals surface area contributed by atoms with Gasteiger partial charge in [0.1, 0.15) is 34.7 Å². The number of carbonyl (C=O) groups is 1. The second-order valence-corrected chi connectivity index (χ2v) is 8.24. The second kappa shape index (κ2) is 8.86. The van der Waals surface area contributed by atoms with E-state index in [4.69, 9.17) is 4.74 Å². The molecule has 4 N–H and O–H groups in total. The van der Waals surface area contributed by atoms with Gasteiger partial charge in [-0.25, -0.2) is 0 Å². The van der Waals surface area contributed by atoms with Gasteiger partial charge in [-0.2, -0.15) is 0 Å². The first-order valence-corrected chi connectivity index (χ1v) is 10.1. The van der Waals surface area contributed by atoms with Crippen molar-refractivity contribution in [2.24, 2.45) is 0 Å². The van der Waals surface area contributed by atoms with Crippen molar-refractivity contribution in [3.63, 3.8) is 0 Å². The minimum Gasteiger partial charge on any atom is -0.508 e. The molecular formula is C25H28O6. The number of allylic oxidation sites excluding steroid dienone is 2. The van der Waals surface area contributed by atoms with Gasteiger partial charge in [-0.3, -0.25) is 4.79 Å². The monoisotopic (exact) mass is 424 g/mol. The summed E-state index contributed by atoms with van der Waals surface area (Å²) >= 11 is 0. The summed E-state index contributed by atoms with van der Waals surface area (Å²) in [6, 6.07) is 6.37. The first kappa shape index (κ1) is 22.4. The predicted octanol–water partition coefficient (Wildman–Crippen LogP) is 4.50. The van der Waals surface area contributed by atoms with Gasteiger partial charge >= 0.3 is 0 Å². The van der Waals surface area contributed by atoms with Gasteiger partial charge in [0.2, 0.25) is 0 Å². The van der Waals surface area contributed by atoms with Crippen LogP contribution in [0.2, 0.25) is 0 Å². The summed E-state index contributed by atoms with van der Waals surface area (Å²) in [5.74, 6) is -0.639. The van der Waals surface area contributed by atoms with Gasteiger partial charge in [0, 0.05) is 17.5 Å². The van der Waals surface area contributed by atoms with Gasteiger partial charge in [0.25, 0.3) is 0 Å². The van der Waals surface area contributed by atoms with Gasteiger partial charge in [-0.05, 0) is 44.9 Å². The molecule has 2 atom stereocenters. The third-order valence-corrected chi connectivity index (χ3v) is 5.45. The van der Waals surface area contributed by atoms with Crippen molar-refractivity contribution < 1.29 is 30.0 Å². The summed E-state index contributed by atoms with van der Waals surface area (Å²) in [6.07, 6.45) is 0.524. The number of fused-ring (bicyclic) bond motifs is 1. The number of aliphatic hydroxyl groups excluding tert-OH is 1. The molecule has 1 aliphatic heterocycles. The van der Waals surface area contributed by atoms with E-state index < -0.39 is 12.2 Å². The topological polar surface area (TPSA) is 107 Å². The molecule has 0 aromatic heterocycles. The van der Waals surface area contributed by atoms with Gasteiger partial charge in [-0.15, -0.1) is 0 Å². The van der Waals surface area contributed by atoms with Crippen LogP contribution >= 0.6 is 0 Å². The smallest absolute Gasteiger partial charge is 0.174 e. The highest BCUT2D eigenvalue weighted by atomic mass is 16.5. The number of carbonyl (C=O) groups excluding carboxylic acids is 1. The van der Waals surface area contributed by atoms with Crippen LogP contribution in [0, 0.1) is 0 Å². The zero-order chi connectivity index (χ0) is 22.9. The highest BCUT2D eigenvalue weighted by molar-refractivity contribution is 6.04. The Balaban J connectivity index is 2.15. The lowest BCUT2D eigenvalue weighted by atomic mass is 9.88.